The Hall–Kier alpha value is -2.67. The van der Waals surface area contributed by atoms with Gasteiger partial charge < -0.3 is 19.6 Å². The van der Waals surface area contributed by atoms with Gasteiger partial charge in [0, 0.05) is 69.7 Å². The Balaban J connectivity index is 1.40. The van der Waals surface area contributed by atoms with E-state index in [0.29, 0.717) is 13.1 Å². The number of carbonyl (C=O) groups is 1. The summed E-state index contributed by atoms with van der Waals surface area (Å²) in [5, 5.41) is 0. The maximum Gasteiger partial charge on any atom is 0.253 e. The number of anilines is 2. The summed E-state index contributed by atoms with van der Waals surface area (Å²) in [6, 6.07) is 10.1. The molecule has 30 heavy (non-hydrogen) atoms. The SMILES string of the molecule is CCc1ccc(C(=O)N2CCN(c3nc(C)cc(N4CCN(C)CC4)n3)CC2)cc1. The van der Waals surface area contributed by atoms with Crippen LogP contribution in [-0.2, 0) is 6.42 Å². The van der Waals surface area contributed by atoms with Gasteiger partial charge in [-0.15, -0.1) is 0 Å². The highest BCUT2D eigenvalue weighted by atomic mass is 16.2. The summed E-state index contributed by atoms with van der Waals surface area (Å²) in [6.07, 6.45) is 0.986. The average Bonchev–Trinajstić information content (AvgIpc) is 2.79. The number of nitrogens with zero attached hydrogens (tertiary/aromatic N) is 6. The van der Waals surface area contributed by atoms with Gasteiger partial charge in [0.2, 0.25) is 5.95 Å². The van der Waals surface area contributed by atoms with Crippen molar-refractivity contribution < 1.29 is 4.79 Å². The fourth-order valence-electron chi connectivity index (χ4n) is 4.05. The van der Waals surface area contributed by atoms with E-state index in [9.17, 15) is 4.79 Å². The Labute approximate surface area is 179 Å². The molecular weight excluding hydrogens is 376 g/mol. The van der Waals surface area contributed by atoms with Crippen LogP contribution in [-0.4, -0.2) is 85.1 Å². The predicted octanol–water partition coefficient (Wildman–Crippen LogP) is 2.06. The maximum absolute atomic E-state index is 12.8. The van der Waals surface area contributed by atoms with Crippen LogP contribution in [0.3, 0.4) is 0 Å². The highest BCUT2D eigenvalue weighted by Gasteiger charge is 2.25. The molecule has 1 amide bonds. The maximum atomic E-state index is 12.8. The standard InChI is InChI=1S/C23H32N6O/c1-4-19-5-7-20(8-6-19)22(30)28-13-15-29(16-14-28)23-24-18(2)17-21(25-23)27-11-9-26(3)10-12-27/h5-8,17H,4,9-16H2,1-3H3. The van der Waals surface area contributed by atoms with Gasteiger partial charge in [0.15, 0.2) is 0 Å². The van der Waals surface area contributed by atoms with Crippen LogP contribution >= 0.6 is 0 Å². The molecule has 2 aliphatic rings. The van der Waals surface area contributed by atoms with Crippen LogP contribution in [0.1, 0.15) is 28.5 Å². The van der Waals surface area contributed by atoms with Crippen molar-refractivity contribution in [1.29, 1.82) is 0 Å². The lowest BCUT2D eigenvalue weighted by atomic mass is 10.1. The molecule has 0 atom stereocenters. The molecule has 2 aliphatic heterocycles. The van der Waals surface area contributed by atoms with E-state index in [-0.39, 0.29) is 5.91 Å². The number of hydrogen-bond donors (Lipinski definition) is 0. The van der Waals surface area contributed by atoms with Gasteiger partial charge in [-0.05, 0) is 38.1 Å². The highest BCUT2D eigenvalue weighted by Crippen LogP contribution is 2.20. The molecule has 0 bridgehead atoms. The van der Waals surface area contributed by atoms with Gasteiger partial charge in [-0.25, -0.2) is 4.98 Å². The lowest BCUT2D eigenvalue weighted by Crippen LogP contribution is -2.49. The van der Waals surface area contributed by atoms with Crippen molar-refractivity contribution in [3.05, 3.63) is 47.2 Å². The molecule has 1 aromatic carbocycles. The lowest BCUT2D eigenvalue weighted by Gasteiger charge is -2.36. The van der Waals surface area contributed by atoms with Gasteiger partial charge in [0.1, 0.15) is 5.82 Å². The molecule has 7 heteroatoms. The van der Waals surface area contributed by atoms with Crippen LogP contribution in [0.5, 0.6) is 0 Å². The molecule has 7 nitrogen and oxygen atoms in total. The first-order chi connectivity index (χ1) is 14.5. The van der Waals surface area contributed by atoms with E-state index in [4.69, 9.17) is 4.98 Å². The highest BCUT2D eigenvalue weighted by molar-refractivity contribution is 5.94. The van der Waals surface area contributed by atoms with Crippen molar-refractivity contribution in [3.63, 3.8) is 0 Å². The van der Waals surface area contributed by atoms with Crippen molar-refractivity contribution in [1.82, 2.24) is 19.8 Å². The summed E-state index contributed by atoms with van der Waals surface area (Å²) in [6.45, 7) is 11.1. The fourth-order valence-corrected chi connectivity index (χ4v) is 4.05. The van der Waals surface area contributed by atoms with E-state index in [2.05, 4.69) is 39.7 Å². The van der Waals surface area contributed by atoms with Gasteiger partial charge in [-0.2, -0.15) is 4.98 Å². The summed E-state index contributed by atoms with van der Waals surface area (Å²) in [7, 11) is 2.16. The Kier molecular flexibility index (Phi) is 6.18. The van der Waals surface area contributed by atoms with Crippen molar-refractivity contribution in [2.45, 2.75) is 20.3 Å². The molecule has 2 aromatic rings. The second kappa shape index (κ2) is 9.00. The van der Waals surface area contributed by atoms with Gasteiger partial charge in [-0.3, -0.25) is 4.79 Å². The van der Waals surface area contributed by atoms with Crippen molar-refractivity contribution in [2.24, 2.45) is 0 Å². The fraction of sp³-hybridized carbons (Fsp3) is 0.522. The number of aromatic nitrogens is 2. The number of piperazine rings is 2. The van der Waals surface area contributed by atoms with Crippen molar-refractivity contribution >= 4 is 17.7 Å². The topological polar surface area (TPSA) is 55.8 Å². The van der Waals surface area contributed by atoms with Crippen LogP contribution in [0.15, 0.2) is 30.3 Å². The van der Waals surface area contributed by atoms with Gasteiger partial charge in [0.25, 0.3) is 5.91 Å². The summed E-state index contributed by atoms with van der Waals surface area (Å²) >= 11 is 0. The Bertz CT molecular complexity index is 868. The van der Waals surface area contributed by atoms with E-state index >= 15 is 0 Å². The minimum absolute atomic E-state index is 0.112. The zero-order valence-corrected chi connectivity index (χ0v) is 18.3. The molecule has 0 radical (unpaired) electrons. The third-order valence-electron chi connectivity index (χ3n) is 6.12. The molecule has 1 aromatic heterocycles. The normalized spacial score (nSPS) is 18.0. The van der Waals surface area contributed by atoms with Gasteiger partial charge >= 0.3 is 0 Å². The number of amides is 1. The minimum atomic E-state index is 0.112. The smallest absolute Gasteiger partial charge is 0.253 e. The zero-order chi connectivity index (χ0) is 21.1. The van der Waals surface area contributed by atoms with Crippen molar-refractivity contribution in [3.8, 4) is 0 Å². The average molecular weight is 409 g/mol. The zero-order valence-electron chi connectivity index (χ0n) is 18.3. The largest absolute Gasteiger partial charge is 0.354 e. The van der Waals surface area contributed by atoms with E-state index in [0.717, 1.165) is 68.7 Å². The molecule has 3 heterocycles. The first-order valence-corrected chi connectivity index (χ1v) is 11.0. The van der Waals surface area contributed by atoms with E-state index < -0.39 is 0 Å². The number of carbonyl (C=O) groups excluding carboxylic acids is 1. The quantitative estimate of drug-likeness (QED) is 0.772. The van der Waals surface area contributed by atoms with E-state index in [1.54, 1.807) is 0 Å². The molecule has 0 unspecified atom stereocenters. The number of likely N-dealkylation sites (N-methyl/N-ethyl adjacent to an activating group) is 1. The number of aryl methyl sites for hydroxylation is 2. The number of rotatable bonds is 4. The first kappa shape index (κ1) is 20.6. The number of hydrogen-bond acceptors (Lipinski definition) is 6. The summed E-state index contributed by atoms with van der Waals surface area (Å²) in [4.78, 5) is 31.2. The van der Waals surface area contributed by atoms with Gasteiger partial charge in [-0.1, -0.05) is 19.1 Å². The molecule has 0 aliphatic carbocycles. The molecule has 0 saturated carbocycles. The third-order valence-corrected chi connectivity index (χ3v) is 6.12. The summed E-state index contributed by atoms with van der Waals surface area (Å²) in [5.74, 6) is 1.91. The third kappa shape index (κ3) is 4.56. The van der Waals surface area contributed by atoms with Crippen molar-refractivity contribution in [2.75, 3.05) is 69.2 Å². The van der Waals surface area contributed by atoms with Crippen LogP contribution in [0.2, 0.25) is 0 Å². The number of benzene rings is 1. The Morgan fingerprint density at radius 3 is 2.17 bits per heavy atom. The second-order valence-corrected chi connectivity index (χ2v) is 8.29. The molecule has 4 rings (SSSR count). The monoisotopic (exact) mass is 408 g/mol. The molecule has 2 fully saturated rings. The van der Waals surface area contributed by atoms with Crippen LogP contribution in [0.4, 0.5) is 11.8 Å². The molecule has 2 saturated heterocycles. The minimum Gasteiger partial charge on any atom is -0.354 e. The van der Waals surface area contributed by atoms with Crippen LogP contribution in [0, 0.1) is 6.92 Å². The van der Waals surface area contributed by atoms with Crippen LogP contribution in [0.25, 0.3) is 0 Å². The van der Waals surface area contributed by atoms with E-state index in [1.165, 1.54) is 5.56 Å². The Morgan fingerprint density at radius 2 is 1.53 bits per heavy atom. The second-order valence-electron chi connectivity index (χ2n) is 8.29. The predicted molar refractivity (Wildman–Crippen MR) is 120 cm³/mol. The molecular formula is C23H32N6O. The van der Waals surface area contributed by atoms with E-state index in [1.807, 2.05) is 36.1 Å². The molecule has 0 N–H and O–H groups in total. The molecule has 0 spiro atoms. The summed E-state index contributed by atoms with van der Waals surface area (Å²) in [5.41, 5.74) is 3.01. The Morgan fingerprint density at radius 1 is 0.900 bits per heavy atom. The summed E-state index contributed by atoms with van der Waals surface area (Å²) < 4.78 is 0. The van der Waals surface area contributed by atoms with Gasteiger partial charge in [0.05, 0.1) is 0 Å². The molecule has 160 valence electrons. The first-order valence-electron chi connectivity index (χ1n) is 11.0. The lowest BCUT2D eigenvalue weighted by molar-refractivity contribution is 0.0746. The van der Waals surface area contributed by atoms with Crippen LogP contribution < -0.4 is 9.80 Å².